The Hall–Kier alpha value is -1.79. The van der Waals surface area contributed by atoms with Gasteiger partial charge in [-0.2, -0.15) is 0 Å². The van der Waals surface area contributed by atoms with Gasteiger partial charge in [0.15, 0.2) is 0 Å². The first-order chi connectivity index (χ1) is 12.0. The van der Waals surface area contributed by atoms with Crippen LogP contribution in [0.2, 0.25) is 0 Å². The zero-order valence-corrected chi connectivity index (χ0v) is 16.3. The Morgan fingerprint density at radius 3 is 2.23 bits per heavy atom. The summed E-state index contributed by atoms with van der Waals surface area (Å²) < 4.78 is 0. The number of para-hydroxylation sites is 1. The summed E-state index contributed by atoms with van der Waals surface area (Å²) in [6.07, 6.45) is 2.07. The molecule has 3 rings (SSSR count). The third-order valence-corrected chi connectivity index (χ3v) is 5.30. The van der Waals surface area contributed by atoms with E-state index in [2.05, 4.69) is 16.0 Å². The summed E-state index contributed by atoms with van der Waals surface area (Å²) in [5, 5.41) is 9.04. The topological polar surface area (TPSA) is 73.5 Å². The van der Waals surface area contributed by atoms with Crippen molar-refractivity contribution in [1.82, 2.24) is 15.5 Å². The third-order valence-electron chi connectivity index (χ3n) is 5.30. The summed E-state index contributed by atoms with van der Waals surface area (Å²) >= 11 is 0. The number of likely N-dealkylation sites (tertiary alicyclic amines) is 1. The van der Waals surface area contributed by atoms with Crippen LogP contribution in [-0.2, 0) is 4.79 Å². The molecule has 0 aliphatic carbocycles. The Morgan fingerprint density at radius 2 is 1.65 bits per heavy atom. The number of hydrogen-bond donors (Lipinski definition) is 3. The predicted octanol–water partition coefficient (Wildman–Crippen LogP) is 2.47. The number of hydrogen-bond acceptors (Lipinski definition) is 3. The van der Waals surface area contributed by atoms with Crippen LogP contribution in [0.3, 0.4) is 0 Å². The zero-order valence-electron chi connectivity index (χ0n) is 15.5. The molecule has 2 saturated heterocycles. The molecule has 2 heterocycles. The van der Waals surface area contributed by atoms with Crippen molar-refractivity contribution < 1.29 is 9.59 Å². The third kappa shape index (κ3) is 4.89. The van der Waals surface area contributed by atoms with Crippen LogP contribution in [0.25, 0.3) is 0 Å². The fourth-order valence-corrected chi connectivity index (χ4v) is 3.84. The standard InChI is InChI=1S/C19H28N4O2.ClH/c1-19(2,22-18(25)21-16-6-4-3-5-7-16)17(24)23-10-8-14-12-20-13-15(14)9-11-23;/h3-7,14-15,20H,8-13H2,1-2H3,(H2,21,22,25);1H/t14-,15+;. The number of halogens is 1. The normalized spacial score (nSPS) is 22.6. The Bertz CT molecular complexity index is 609. The van der Waals surface area contributed by atoms with Gasteiger partial charge in [-0.25, -0.2) is 4.79 Å². The van der Waals surface area contributed by atoms with Crippen molar-refractivity contribution in [3.8, 4) is 0 Å². The molecule has 0 spiro atoms. The summed E-state index contributed by atoms with van der Waals surface area (Å²) in [6, 6.07) is 8.87. The largest absolute Gasteiger partial charge is 0.341 e. The van der Waals surface area contributed by atoms with Gasteiger partial charge in [0.2, 0.25) is 5.91 Å². The van der Waals surface area contributed by atoms with Crippen LogP contribution >= 0.6 is 12.4 Å². The fraction of sp³-hybridized carbons (Fsp3) is 0.579. The second kappa shape index (κ2) is 8.73. The van der Waals surface area contributed by atoms with Crippen LogP contribution in [0.4, 0.5) is 10.5 Å². The smallest absolute Gasteiger partial charge is 0.320 e. The van der Waals surface area contributed by atoms with E-state index in [1.54, 1.807) is 13.8 Å². The van der Waals surface area contributed by atoms with Crippen LogP contribution in [-0.4, -0.2) is 48.6 Å². The highest BCUT2D eigenvalue weighted by Crippen LogP contribution is 2.28. The average Bonchev–Trinajstić information content (AvgIpc) is 2.93. The lowest BCUT2D eigenvalue weighted by Crippen LogP contribution is -2.57. The fourth-order valence-electron chi connectivity index (χ4n) is 3.84. The van der Waals surface area contributed by atoms with E-state index in [0.717, 1.165) is 39.0 Å². The van der Waals surface area contributed by atoms with Gasteiger partial charge < -0.3 is 20.9 Å². The summed E-state index contributed by atoms with van der Waals surface area (Å²) in [6.45, 7) is 7.21. The molecule has 0 saturated carbocycles. The first-order valence-electron chi connectivity index (χ1n) is 9.10. The number of fused-ring (bicyclic) bond motifs is 1. The van der Waals surface area contributed by atoms with E-state index in [1.807, 2.05) is 35.2 Å². The van der Waals surface area contributed by atoms with Crippen LogP contribution in [0, 0.1) is 11.8 Å². The second-order valence-corrected chi connectivity index (χ2v) is 7.62. The molecule has 144 valence electrons. The van der Waals surface area contributed by atoms with Crippen molar-refractivity contribution in [2.45, 2.75) is 32.2 Å². The highest BCUT2D eigenvalue weighted by Gasteiger charge is 2.37. The summed E-state index contributed by atoms with van der Waals surface area (Å²) in [7, 11) is 0. The molecule has 26 heavy (non-hydrogen) atoms. The van der Waals surface area contributed by atoms with E-state index in [1.165, 1.54) is 0 Å². The summed E-state index contributed by atoms with van der Waals surface area (Å²) in [4.78, 5) is 27.1. The maximum absolute atomic E-state index is 12.9. The SMILES string of the molecule is CC(C)(NC(=O)Nc1ccccc1)C(=O)N1CC[C@@H]2CNC[C@@H]2CC1.Cl. The van der Waals surface area contributed by atoms with Crippen LogP contribution < -0.4 is 16.0 Å². The monoisotopic (exact) mass is 380 g/mol. The van der Waals surface area contributed by atoms with E-state index in [4.69, 9.17) is 0 Å². The molecule has 1 aromatic rings. The molecule has 6 nitrogen and oxygen atoms in total. The van der Waals surface area contributed by atoms with Gasteiger partial charge in [0, 0.05) is 18.8 Å². The first-order valence-corrected chi connectivity index (χ1v) is 9.10. The van der Waals surface area contributed by atoms with Crippen molar-refractivity contribution >= 4 is 30.0 Å². The molecule has 2 atom stereocenters. The molecular formula is C19H29ClN4O2. The van der Waals surface area contributed by atoms with Crippen LogP contribution in [0.15, 0.2) is 30.3 Å². The number of amides is 3. The maximum Gasteiger partial charge on any atom is 0.320 e. The number of benzene rings is 1. The Balaban J connectivity index is 0.00000243. The molecule has 3 amide bonds. The van der Waals surface area contributed by atoms with E-state index < -0.39 is 5.54 Å². The van der Waals surface area contributed by atoms with E-state index in [-0.39, 0.29) is 24.3 Å². The number of rotatable bonds is 3. The molecule has 2 aliphatic heterocycles. The lowest BCUT2D eigenvalue weighted by molar-refractivity contribution is -0.136. The van der Waals surface area contributed by atoms with Gasteiger partial charge in [0.05, 0.1) is 0 Å². The quantitative estimate of drug-likeness (QED) is 0.754. The Morgan fingerprint density at radius 1 is 1.08 bits per heavy atom. The molecule has 2 fully saturated rings. The van der Waals surface area contributed by atoms with Crippen molar-refractivity contribution in [1.29, 1.82) is 0 Å². The number of urea groups is 1. The number of nitrogens with zero attached hydrogens (tertiary/aromatic N) is 1. The number of nitrogens with one attached hydrogen (secondary N) is 3. The average molecular weight is 381 g/mol. The molecule has 1 aromatic carbocycles. The van der Waals surface area contributed by atoms with Gasteiger partial charge in [-0.05, 0) is 63.7 Å². The van der Waals surface area contributed by atoms with Crippen molar-refractivity contribution in [2.24, 2.45) is 11.8 Å². The molecule has 0 bridgehead atoms. The Kier molecular flexibility index (Phi) is 6.89. The molecule has 3 N–H and O–H groups in total. The maximum atomic E-state index is 12.9. The van der Waals surface area contributed by atoms with Gasteiger partial charge in [-0.1, -0.05) is 18.2 Å². The molecule has 0 aromatic heterocycles. The van der Waals surface area contributed by atoms with Gasteiger partial charge >= 0.3 is 6.03 Å². The first kappa shape index (κ1) is 20.5. The minimum Gasteiger partial charge on any atom is -0.341 e. The number of carbonyl (C=O) groups is 2. The van der Waals surface area contributed by atoms with Gasteiger partial charge in [0.25, 0.3) is 0 Å². The predicted molar refractivity (Wildman–Crippen MR) is 106 cm³/mol. The number of anilines is 1. The molecular weight excluding hydrogens is 352 g/mol. The van der Waals surface area contributed by atoms with Gasteiger partial charge in [-0.15, -0.1) is 12.4 Å². The molecule has 2 aliphatic rings. The zero-order chi connectivity index (χ0) is 17.9. The van der Waals surface area contributed by atoms with Crippen molar-refractivity contribution in [3.05, 3.63) is 30.3 Å². The van der Waals surface area contributed by atoms with Crippen LogP contribution in [0.1, 0.15) is 26.7 Å². The minimum atomic E-state index is -0.934. The highest BCUT2D eigenvalue weighted by molar-refractivity contribution is 5.95. The van der Waals surface area contributed by atoms with Crippen LogP contribution in [0.5, 0.6) is 0 Å². The van der Waals surface area contributed by atoms with E-state index in [0.29, 0.717) is 17.5 Å². The summed E-state index contributed by atoms with van der Waals surface area (Å²) in [5.41, 5.74) is -0.227. The van der Waals surface area contributed by atoms with Gasteiger partial charge in [-0.3, -0.25) is 4.79 Å². The number of carbonyl (C=O) groups excluding carboxylic acids is 2. The van der Waals surface area contributed by atoms with E-state index in [9.17, 15) is 9.59 Å². The second-order valence-electron chi connectivity index (χ2n) is 7.62. The minimum absolute atomic E-state index is 0. The van der Waals surface area contributed by atoms with Gasteiger partial charge in [0.1, 0.15) is 5.54 Å². The lowest BCUT2D eigenvalue weighted by Gasteiger charge is -2.32. The van der Waals surface area contributed by atoms with Crippen molar-refractivity contribution in [3.63, 3.8) is 0 Å². The Labute approximate surface area is 161 Å². The summed E-state index contributed by atoms with van der Waals surface area (Å²) in [5.74, 6) is 1.34. The lowest BCUT2D eigenvalue weighted by atomic mass is 9.92. The van der Waals surface area contributed by atoms with Crippen molar-refractivity contribution in [2.75, 3.05) is 31.5 Å². The van der Waals surface area contributed by atoms with E-state index >= 15 is 0 Å². The molecule has 0 unspecified atom stereocenters. The molecule has 0 radical (unpaired) electrons. The molecule has 7 heteroatoms. The highest BCUT2D eigenvalue weighted by atomic mass is 35.5.